The van der Waals surface area contributed by atoms with Gasteiger partial charge in [0.15, 0.2) is 0 Å². The number of hydrogen-bond acceptors (Lipinski definition) is 3. The smallest absolute Gasteiger partial charge is 0.303 e. The van der Waals surface area contributed by atoms with Gasteiger partial charge in [-0.15, -0.1) is 0 Å². The van der Waals surface area contributed by atoms with Crippen molar-refractivity contribution in [3.63, 3.8) is 0 Å². The fourth-order valence-corrected chi connectivity index (χ4v) is 1.29. The van der Waals surface area contributed by atoms with Crippen LogP contribution in [0.1, 0.15) is 25.5 Å². The SMILES string of the molecule is CC(=O)O[C@H](C)c1cccnc1Cl. The normalized spacial score (nSPS) is 12.2. The minimum atomic E-state index is -0.348. The summed E-state index contributed by atoms with van der Waals surface area (Å²) >= 11 is 5.80. The summed E-state index contributed by atoms with van der Waals surface area (Å²) in [5.74, 6) is -0.326. The molecule has 0 aliphatic heterocycles. The Morgan fingerprint density at radius 3 is 2.92 bits per heavy atom. The summed E-state index contributed by atoms with van der Waals surface area (Å²) in [6, 6.07) is 3.53. The standard InChI is InChI=1S/C9H10ClNO2/c1-6(13-7(2)12)8-4-3-5-11-9(8)10/h3-6H,1-2H3/t6-/m1/s1. The Morgan fingerprint density at radius 2 is 2.38 bits per heavy atom. The van der Waals surface area contributed by atoms with Crippen molar-refractivity contribution in [2.75, 3.05) is 0 Å². The van der Waals surface area contributed by atoms with Crippen molar-refractivity contribution in [1.82, 2.24) is 4.98 Å². The van der Waals surface area contributed by atoms with Gasteiger partial charge >= 0.3 is 5.97 Å². The Morgan fingerprint density at radius 1 is 1.69 bits per heavy atom. The first kappa shape index (κ1) is 9.99. The van der Waals surface area contributed by atoms with Crippen LogP contribution in [0, 0.1) is 0 Å². The molecular formula is C9H10ClNO2. The largest absolute Gasteiger partial charge is 0.458 e. The highest BCUT2D eigenvalue weighted by atomic mass is 35.5. The van der Waals surface area contributed by atoms with Crippen molar-refractivity contribution in [3.8, 4) is 0 Å². The molecule has 4 heteroatoms. The van der Waals surface area contributed by atoms with Crippen molar-refractivity contribution in [3.05, 3.63) is 29.0 Å². The predicted molar refractivity (Wildman–Crippen MR) is 49.4 cm³/mol. The molecule has 13 heavy (non-hydrogen) atoms. The Hall–Kier alpha value is -1.09. The fourth-order valence-electron chi connectivity index (χ4n) is 1.01. The highest BCUT2D eigenvalue weighted by molar-refractivity contribution is 6.30. The summed E-state index contributed by atoms with van der Waals surface area (Å²) in [7, 11) is 0. The third-order valence-electron chi connectivity index (χ3n) is 1.57. The summed E-state index contributed by atoms with van der Waals surface area (Å²) in [6.07, 6.45) is 1.24. The molecule has 70 valence electrons. The zero-order valence-electron chi connectivity index (χ0n) is 7.45. The lowest BCUT2D eigenvalue weighted by Gasteiger charge is -2.12. The number of carbonyl (C=O) groups is 1. The Balaban J connectivity index is 2.82. The van der Waals surface area contributed by atoms with Crippen LogP contribution in [0.15, 0.2) is 18.3 Å². The zero-order valence-corrected chi connectivity index (χ0v) is 8.21. The molecule has 1 aromatic heterocycles. The number of esters is 1. The number of halogens is 1. The molecule has 0 fully saturated rings. The van der Waals surface area contributed by atoms with E-state index in [1.54, 1.807) is 25.3 Å². The van der Waals surface area contributed by atoms with Gasteiger partial charge in [0.05, 0.1) is 0 Å². The maximum absolute atomic E-state index is 10.7. The molecule has 3 nitrogen and oxygen atoms in total. The van der Waals surface area contributed by atoms with E-state index in [-0.39, 0.29) is 12.1 Å². The first-order chi connectivity index (χ1) is 6.11. The van der Waals surface area contributed by atoms with Gasteiger partial charge in [-0.1, -0.05) is 17.7 Å². The molecule has 0 saturated heterocycles. The van der Waals surface area contributed by atoms with Crippen LogP contribution in [0.3, 0.4) is 0 Å². The fraction of sp³-hybridized carbons (Fsp3) is 0.333. The van der Waals surface area contributed by atoms with Crippen molar-refractivity contribution in [2.45, 2.75) is 20.0 Å². The van der Waals surface area contributed by atoms with Gasteiger partial charge in [0.2, 0.25) is 0 Å². The number of hydrogen-bond donors (Lipinski definition) is 0. The molecule has 0 bridgehead atoms. The van der Waals surface area contributed by atoms with Gasteiger partial charge in [-0.05, 0) is 13.0 Å². The average Bonchev–Trinajstić information content (AvgIpc) is 2.03. The van der Waals surface area contributed by atoms with Crippen LogP contribution in [0.5, 0.6) is 0 Å². The lowest BCUT2D eigenvalue weighted by Crippen LogP contribution is -2.05. The quantitative estimate of drug-likeness (QED) is 0.542. The van der Waals surface area contributed by atoms with Gasteiger partial charge in [0.1, 0.15) is 11.3 Å². The van der Waals surface area contributed by atoms with Gasteiger partial charge in [0, 0.05) is 18.7 Å². The number of aromatic nitrogens is 1. The molecule has 1 aromatic rings. The molecule has 0 aliphatic rings. The lowest BCUT2D eigenvalue weighted by atomic mass is 10.2. The molecule has 0 N–H and O–H groups in total. The third-order valence-corrected chi connectivity index (χ3v) is 1.88. The van der Waals surface area contributed by atoms with E-state index in [1.807, 2.05) is 0 Å². The summed E-state index contributed by atoms with van der Waals surface area (Å²) in [4.78, 5) is 14.5. The molecule has 0 aromatic carbocycles. The van der Waals surface area contributed by atoms with Crippen LogP contribution >= 0.6 is 11.6 Å². The number of rotatable bonds is 2. The van der Waals surface area contributed by atoms with E-state index >= 15 is 0 Å². The first-order valence-electron chi connectivity index (χ1n) is 3.89. The number of nitrogens with zero attached hydrogens (tertiary/aromatic N) is 1. The first-order valence-corrected chi connectivity index (χ1v) is 4.26. The second kappa shape index (κ2) is 4.23. The summed E-state index contributed by atoms with van der Waals surface area (Å²) in [6.45, 7) is 3.12. The van der Waals surface area contributed by atoms with Gasteiger partial charge in [0.25, 0.3) is 0 Å². The highest BCUT2D eigenvalue weighted by Crippen LogP contribution is 2.22. The third kappa shape index (κ3) is 2.70. The topological polar surface area (TPSA) is 39.2 Å². The highest BCUT2D eigenvalue weighted by Gasteiger charge is 2.11. The molecule has 0 aliphatic carbocycles. The van der Waals surface area contributed by atoms with Crippen LogP contribution in [0.4, 0.5) is 0 Å². The van der Waals surface area contributed by atoms with E-state index in [0.29, 0.717) is 5.15 Å². The Labute approximate surface area is 81.7 Å². The van der Waals surface area contributed by atoms with Crippen LogP contribution in [-0.2, 0) is 9.53 Å². The van der Waals surface area contributed by atoms with Crippen molar-refractivity contribution < 1.29 is 9.53 Å². The predicted octanol–water partition coefficient (Wildman–Crippen LogP) is 2.36. The van der Waals surface area contributed by atoms with Crippen LogP contribution in [-0.4, -0.2) is 11.0 Å². The minimum Gasteiger partial charge on any atom is -0.458 e. The van der Waals surface area contributed by atoms with Crippen molar-refractivity contribution >= 4 is 17.6 Å². The van der Waals surface area contributed by atoms with Crippen LogP contribution in [0.25, 0.3) is 0 Å². The second-order valence-corrected chi connectivity index (χ2v) is 2.99. The number of ether oxygens (including phenoxy) is 1. The molecule has 1 heterocycles. The second-order valence-electron chi connectivity index (χ2n) is 2.64. The maximum atomic E-state index is 10.7. The monoisotopic (exact) mass is 199 g/mol. The van der Waals surface area contributed by atoms with E-state index < -0.39 is 0 Å². The van der Waals surface area contributed by atoms with Gasteiger partial charge < -0.3 is 4.74 Å². The van der Waals surface area contributed by atoms with E-state index in [4.69, 9.17) is 16.3 Å². The number of pyridine rings is 1. The molecule has 0 amide bonds. The molecule has 0 spiro atoms. The molecule has 0 saturated carbocycles. The summed E-state index contributed by atoms with van der Waals surface area (Å²) in [5.41, 5.74) is 0.722. The van der Waals surface area contributed by atoms with E-state index in [9.17, 15) is 4.79 Å². The average molecular weight is 200 g/mol. The van der Waals surface area contributed by atoms with Crippen molar-refractivity contribution in [1.29, 1.82) is 0 Å². The van der Waals surface area contributed by atoms with Gasteiger partial charge in [-0.25, -0.2) is 4.98 Å². The van der Waals surface area contributed by atoms with E-state index in [0.717, 1.165) is 5.56 Å². The minimum absolute atomic E-state index is 0.326. The van der Waals surface area contributed by atoms with Gasteiger partial charge in [-0.3, -0.25) is 4.79 Å². The van der Waals surface area contributed by atoms with Crippen LogP contribution < -0.4 is 0 Å². The molecule has 1 rings (SSSR count). The molecule has 0 radical (unpaired) electrons. The van der Waals surface area contributed by atoms with Gasteiger partial charge in [-0.2, -0.15) is 0 Å². The summed E-state index contributed by atoms with van der Waals surface area (Å²) < 4.78 is 4.95. The summed E-state index contributed by atoms with van der Waals surface area (Å²) in [5, 5.41) is 0.372. The molecule has 1 atom stereocenters. The maximum Gasteiger partial charge on any atom is 0.303 e. The number of carbonyl (C=O) groups excluding carboxylic acids is 1. The van der Waals surface area contributed by atoms with Crippen LogP contribution in [0.2, 0.25) is 5.15 Å². The Bertz CT molecular complexity index is 314. The zero-order chi connectivity index (χ0) is 9.84. The Kier molecular flexibility index (Phi) is 3.25. The van der Waals surface area contributed by atoms with Crippen molar-refractivity contribution in [2.24, 2.45) is 0 Å². The van der Waals surface area contributed by atoms with E-state index in [2.05, 4.69) is 4.98 Å². The van der Waals surface area contributed by atoms with E-state index in [1.165, 1.54) is 6.92 Å². The molecule has 0 unspecified atom stereocenters. The molecular weight excluding hydrogens is 190 g/mol. The lowest BCUT2D eigenvalue weighted by molar-refractivity contribution is -0.145.